The molecule has 5 nitrogen and oxygen atoms in total. The normalized spacial score (nSPS) is 22.5. The van der Waals surface area contributed by atoms with E-state index in [-0.39, 0.29) is 11.9 Å². The summed E-state index contributed by atoms with van der Waals surface area (Å²) >= 11 is 0. The van der Waals surface area contributed by atoms with Gasteiger partial charge in [-0.05, 0) is 24.5 Å². The summed E-state index contributed by atoms with van der Waals surface area (Å²) in [5.41, 5.74) is 6.58. The molecule has 0 spiro atoms. The second kappa shape index (κ2) is 6.13. The SMILES string of the molecule is COc1cccc(C(=O)N2CCC(C)C(N)C2)c1OC. The molecule has 1 amide bonds. The Morgan fingerprint density at radius 1 is 1.35 bits per heavy atom. The van der Waals surface area contributed by atoms with Crippen LogP contribution in [0.15, 0.2) is 18.2 Å². The Morgan fingerprint density at radius 3 is 2.70 bits per heavy atom. The lowest BCUT2D eigenvalue weighted by Gasteiger charge is -2.35. The zero-order valence-electron chi connectivity index (χ0n) is 12.3. The Labute approximate surface area is 119 Å². The molecule has 0 bridgehead atoms. The quantitative estimate of drug-likeness (QED) is 0.910. The molecular formula is C15H22N2O3. The molecule has 0 aliphatic carbocycles. The minimum Gasteiger partial charge on any atom is -0.493 e. The fraction of sp³-hybridized carbons (Fsp3) is 0.533. The van der Waals surface area contributed by atoms with Crippen molar-refractivity contribution in [3.8, 4) is 11.5 Å². The molecule has 0 saturated carbocycles. The Kier molecular flexibility index (Phi) is 4.49. The van der Waals surface area contributed by atoms with Crippen molar-refractivity contribution in [2.24, 2.45) is 11.7 Å². The van der Waals surface area contributed by atoms with Gasteiger partial charge in [0.05, 0.1) is 19.8 Å². The number of carbonyl (C=O) groups excluding carboxylic acids is 1. The van der Waals surface area contributed by atoms with Crippen LogP contribution in [0.1, 0.15) is 23.7 Å². The third kappa shape index (κ3) is 2.72. The van der Waals surface area contributed by atoms with E-state index in [1.165, 1.54) is 0 Å². The number of methoxy groups -OCH3 is 2. The van der Waals surface area contributed by atoms with E-state index >= 15 is 0 Å². The summed E-state index contributed by atoms with van der Waals surface area (Å²) in [7, 11) is 3.10. The van der Waals surface area contributed by atoms with Crippen molar-refractivity contribution in [2.75, 3.05) is 27.3 Å². The van der Waals surface area contributed by atoms with Crippen LogP contribution in [0, 0.1) is 5.92 Å². The highest BCUT2D eigenvalue weighted by Crippen LogP contribution is 2.32. The molecule has 20 heavy (non-hydrogen) atoms. The molecule has 1 heterocycles. The maximum Gasteiger partial charge on any atom is 0.257 e. The minimum atomic E-state index is -0.0527. The highest BCUT2D eigenvalue weighted by Gasteiger charge is 2.29. The van der Waals surface area contributed by atoms with Gasteiger partial charge in [0.25, 0.3) is 5.91 Å². The van der Waals surface area contributed by atoms with Crippen LogP contribution < -0.4 is 15.2 Å². The number of para-hydroxylation sites is 1. The standard InChI is InChI=1S/C15H22N2O3/c1-10-7-8-17(9-12(10)16)15(18)11-5-4-6-13(19-2)14(11)20-3/h4-6,10,12H,7-9,16H2,1-3H3. The highest BCUT2D eigenvalue weighted by molar-refractivity contribution is 5.98. The van der Waals surface area contributed by atoms with Crippen LogP contribution in [0.25, 0.3) is 0 Å². The average molecular weight is 278 g/mol. The van der Waals surface area contributed by atoms with Gasteiger partial charge in [0.15, 0.2) is 11.5 Å². The van der Waals surface area contributed by atoms with Gasteiger partial charge in [-0.15, -0.1) is 0 Å². The molecule has 2 N–H and O–H groups in total. The molecule has 2 rings (SSSR count). The second-order valence-electron chi connectivity index (χ2n) is 5.22. The maximum atomic E-state index is 12.6. The Hall–Kier alpha value is -1.75. The number of carbonyl (C=O) groups is 1. The predicted octanol–water partition coefficient (Wildman–Crippen LogP) is 1.51. The van der Waals surface area contributed by atoms with Crippen LogP contribution in [0.5, 0.6) is 11.5 Å². The Balaban J connectivity index is 2.25. The first-order valence-corrected chi connectivity index (χ1v) is 6.84. The van der Waals surface area contributed by atoms with E-state index in [9.17, 15) is 4.79 Å². The van der Waals surface area contributed by atoms with Crippen LogP contribution in [-0.4, -0.2) is 44.2 Å². The number of hydrogen-bond acceptors (Lipinski definition) is 4. The second-order valence-corrected chi connectivity index (χ2v) is 5.22. The number of amides is 1. The smallest absolute Gasteiger partial charge is 0.257 e. The molecule has 0 aromatic heterocycles. The van der Waals surface area contributed by atoms with Gasteiger partial charge < -0.3 is 20.1 Å². The van der Waals surface area contributed by atoms with E-state index in [1.807, 2.05) is 0 Å². The lowest BCUT2D eigenvalue weighted by atomic mass is 9.94. The Bertz CT molecular complexity index is 490. The third-order valence-corrected chi connectivity index (χ3v) is 3.94. The molecular weight excluding hydrogens is 256 g/mol. The number of benzene rings is 1. The molecule has 1 saturated heterocycles. The number of hydrogen-bond donors (Lipinski definition) is 1. The van der Waals surface area contributed by atoms with Crippen LogP contribution in [0.3, 0.4) is 0 Å². The van der Waals surface area contributed by atoms with Gasteiger partial charge in [-0.1, -0.05) is 13.0 Å². The molecule has 1 aromatic carbocycles. The Morgan fingerprint density at radius 2 is 2.10 bits per heavy atom. The van der Waals surface area contributed by atoms with Crippen molar-refractivity contribution in [3.63, 3.8) is 0 Å². The lowest BCUT2D eigenvalue weighted by molar-refractivity contribution is 0.0668. The van der Waals surface area contributed by atoms with E-state index in [1.54, 1.807) is 37.3 Å². The lowest BCUT2D eigenvalue weighted by Crippen LogP contribution is -2.49. The van der Waals surface area contributed by atoms with Gasteiger partial charge >= 0.3 is 0 Å². The number of nitrogens with two attached hydrogens (primary N) is 1. The fourth-order valence-electron chi connectivity index (χ4n) is 2.51. The van der Waals surface area contributed by atoms with Crippen molar-refractivity contribution in [2.45, 2.75) is 19.4 Å². The summed E-state index contributed by atoms with van der Waals surface area (Å²) in [4.78, 5) is 14.4. The number of nitrogens with zero attached hydrogens (tertiary/aromatic N) is 1. The first kappa shape index (κ1) is 14.7. The molecule has 5 heteroatoms. The van der Waals surface area contributed by atoms with E-state index in [2.05, 4.69) is 6.92 Å². The summed E-state index contributed by atoms with van der Waals surface area (Å²) in [6.45, 7) is 3.44. The molecule has 1 fully saturated rings. The zero-order chi connectivity index (χ0) is 14.7. The first-order valence-electron chi connectivity index (χ1n) is 6.84. The predicted molar refractivity (Wildman–Crippen MR) is 77.2 cm³/mol. The maximum absolute atomic E-state index is 12.6. The van der Waals surface area contributed by atoms with Gasteiger partial charge in [-0.3, -0.25) is 4.79 Å². The largest absolute Gasteiger partial charge is 0.493 e. The first-order chi connectivity index (χ1) is 9.58. The van der Waals surface area contributed by atoms with Crippen molar-refractivity contribution >= 4 is 5.91 Å². The van der Waals surface area contributed by atoms with Gasteiger partial charge in [0, 0.05) is 19.1 Å². The fourth-order valence-corrected chi connectivity index (χ4v) is 2.51. The summed E-state index contributed by atoms with van der Waals surface area (Å²) in [5, 5.41) is 0. The average Bonchev–Trinajstić information content (AvgIpc) is 2.48. The van der Waals surface area contributed by atoms with E-state index in [4.69, 9.17) is 15.2 Å². The summed E-state index contributed by atoms with van der Waals surface area (Å²) < 4.78 is 10.6. The van der Waals surface area contributed by atoms with Crippen LogP contribution in [0.2, 0.25) is 0 Å². The molecule has 1 aliphatic heterocycles. The molecule has 2 atom stereocenters. The number of piperidine rings is 1. The zero-order valence-corrected chi connectivity index (χ0v) is 12.3. The summed E-state index contributed by atoms with van der Waals surface area (Å²) in [5.74, 6) is 1.44. The third-order valence-electron chi connectivity index (χ3n) is 3.94. The number of rotatable bonds is 3. The molecule has 1 aromatic rings. The van der Waals surface area contributed by atoms with E-state index < -0.39 is 0 Å². The monoisotopic (exact) mass is 278 g/mol. The van der Waals surface area contributed by atoms with Gasteiger partial charge in [0.2, 0.25) is 0 Å². The van der Waals surface area contributed by atoms with Gasteiger partial charge in [-0.2, -0.15) is 0 Å². The van der Waals surface area contributed by atoms with Crippen LogP contribution >= 0.6 is 0 Å². The van der Waals surface area contributed by atoms with Crippen molar-refractivity contribution < 1.29 is 14.3 Å². The topological polar surface area (TPSA) is 64.8 Å². The van der Waals surface area contributed by atoms with Crippen LogP contribution in [0.4, 0.5) is 0 Å². The van der Waals surface area contributed by atoms with E-state index in [0.717, 1.165) is 13.0 Å². The summed E-state index contributed by atoms with van der Waals surface area (Å²) in [6, 6.07) is 5.36. The molecule has 0 radical (unpaired) electrons. The highest BCUT2D eigenvalue weighted by atomic mass is 16.5. The number of likely N-dealkylation sites (tertiary alicyclic amines) is 1. The van der Waals surface area contributed by atoms with Crippen molar-refractivity contribution in [1.82, 2.24) is 4.90 Å². The van der Waals surface area contributed by atoms with Crippen molar-refractivity contribution in [3.05, 3.63) is 23.8 Å². The van der Waals surface area contributed by atoms with E-state index in [0.29, 0.717) is 29.5 Å². The minimum absolute atomic E-state index is 0.0318. The molecule has 1 aliphatic rings. The number of ether oxygens (including phenoxy) is 2. The molecule has 110 valence electrons. The van der Waals surface area contributed by atoms with Crippen molar-refractivity contribution in [1.29, 1.82) is 0 Å². The van der Waals surface area contributed by atoms with Gasteiger partial charge in [-0.25, -0.2) is 0 Å². The van der Waals surface area contributed by atoms with Gasteiger partial charge in [0.1, 0.15) is 0 Å². The summed E-state index contributed by atoms with van der Waals surface area (Å²) in [6.07, 6.45) is 0.930. The van der Waals surface area contributed by atoms with Crippen LogP contribution in [-0.2, 0) is 0 Å². The molecule has 2 unspecified atom stereocenters.